The second kappa shape index (κ2) is 7.63. The highest BCUT2D eigenvalue weighted by Gasteiger charge is 2.32. The molecule has 0 saturated carbocycles. The van der Waals surface area contributed by atoms with Gasteiger partial charge in [0.25, 0.3) is 0 Å². The predicted octanol–water partition coefficient (Wildman–Crippen LogP) is 1.46. The monoisotopic (exact) mass is 347 g/mol. The quantitative estimate of drug-likeness (QED) is 0.810. The van der Waals surface area contributed by atoms with Gasteiger partial charge in [0.15, 0.2) is 0 Å². The smallest absolute Gasteiger partial charge is 0.237 e. The van der Waals surface area contributed by atoms with E-state index in [2.05, 4.69) is 10.6 Å². The highest BCUT2D eigenvalue weighted by molar-refractivity contribution is 6.08. The number of fused-ring (bicyclic) bond motifs is 1. The summed E-state index contributed by atoms with van der Waals surface area (Å²) in [5.74, 6) is -2.11. The van der Waals surface area contributed by atoms with Crippen LogP contribution in [0, 0.1) is 11.7 Å². The molecule has 1 aromatic rings. The summed E-state index contributed by atoms with van der Waals surface area (Å²) in [6.07, 6.45) is 3.59. The fraction of sp³-hybridized carbons (Fsp3) is 0.500. The molecular formula is C18H22FN3O3. The lowest BCUT2D eigenvalue weighted by Gasteiger charge is -2.27. The lowest BCUT2D eigenvalue weighted by atomic mass is 9.92. The van der Waals surface area contributed by atoms with Crippen LogP contribution < -0.4 is 10.6 Å². The van der Waals surface area contributed by atoms with Crippen LogP contribution in [0.4, 0.5) is 10.1 Å². The van der Waals surface area contributed by atoms with Crippen molar-refractivity contribution in [2.75, 3.05) is 25.0 Å². The number of rotatable bonds is 4. The molecule has 0 aliphatic carbocycles. The molecule has 1 atom stereocenters. The number of carbonyl (C=O) groups excluding carboxylic acids is 3. The molecular weight excluding hydrogens is 325 g/mol. The molecule has 0 radical (unpaired) electrons. The Labute approximate surface area is 145 Å². The summed E-state index contributed by atoms with van der Waals surface area (Å²) in [7, 11) is 0. The number of nitrogens with one attached hydrogen (secondary N) is 2. The number of halogens is 1. The van der Waals surface area contributed by atoms with Crippen molar-refractivity contribution in [3.63, 3.8) is 0 Å². The van der Waals surface area contributed by atoms with Crippen LogP contribution in [0.25, 0.3) is 0 Å². The molecule has 7 heteroatoms. The second-order valence-electron chi connectivity index (χ2n) is 6.53. The van der Waals surface area contributed by atoms with Crippen molar-refractivity contribution in [2.45, 2.75) is 32.1 Å². The van der Waals surface area contributed by atoms with Crippen LogP contribution in [0.15, 0.2) is 18.2 Å². The summed E-state index contributed by atoms with van der Waals surface area (Å²) in [5, 5.41) is 5.28. The van der Waals surface area contributed by atoms with Crippen molar-refractivity contribution in [1.29, 1.82) is 0 Å². The molecule has 2 aliphatic rings. The first kappa shape index (κ1) is 17.4. The van der Waals surface area contributed by atoms with Gasteiger partial charge in [-0.2, -0.15) is 0 Å². The molecule has 3 amide bonds. The lowest BCUT2D eigenvalue weighted by molar-refractivity contribution is -0.133. The SMILES string of the molecule is O=C(NCCC(=O)N1CCCCC1)C1Cc2cc(F)ccc2NC1=O. The third-order valence-corrected chi connectivity index (χ3v) is 4.73. The molecule has 25 heavy (non-hydrogen) atoms. The molecule has 1 unspecified atom stereocenters. The zero-order valence-corrected chi connectivity index (χ0v) is 14.0. The molecule has 0 spiro atoms. The molecule has 1 aromatic carbocycles. The molecule has 134 valence electrons. The highest BCUT2D eigenvalue weighted by atomic mass is 19.1. The number of hydrogen-bond acceptors (Lipinski definition) is 3. The predicted molar refractivity (Wildman–Crippen MR) is 90.3 cm³/mol. The Balaban J connectivity index is 1.51. The topological polar surface area (TPSA) is 78.5 Å². The maximum Gasteiger partial charge on any atom is 0.237 e. The number of anilines is 1. The van der Waals surface area contributed by atoms with Crippen LogP contribution in [0.2, 0.25) is 0 Å². The summed E-state index contributed by atoms with van der Waals surface area (Å²) in [6.45, 7) is 1.76. The van der Waals surface area contributed by atoms with E-state index in [0.717, 1.165) is 32.4 Å². The van der Waals surface area contributed by atoms with Gasteiger partial charge in [-0.15, -0.1) is 0 Å². The molecule has 6 nitrogen and oxygen atoms in total. The van der Waals surface area contributed by atoms with Gasteiger partial charge in [-0.3, -0.25) is 14.4 Å². The Morgan fingerprint density at radius 3 is 2.76 bits per heavy atom. The molecule has 2 aliphatic heterocycles. The van der Waals surface area contributed by atoms with E-state index >= 15 is 0 Å². The Bertz CT molecular complexity index is 686. The van der Waals surface area contributed by atoms with Gasteiger partial charge in [-0.1, -0.05) is 0 Å². The minimum atomic E-state index is -0.903. The molecule has 2 N–H and O–H groups in total. The average Bonchev–Trinajstić information content (AvgIpc) is 2.62. The number of nitrogens with zero attached hydrogens (tertiary/aromatic N) is 1. The van der Waals surface area contributed by atoms with E-state index in [1.165, 1.54) is 18.2 Å². The zero-order chi connectivity index (χ0) is 17.8. The molecule has 1 saturated heterocycles. The average molecular weight is 347 g/mol. The highest BCUT2D eigenvalue weighted by Crippen LogP contribution is 2.26. The number of piperidine rings is 1. The van der Waals surface area contributed by atoms with Crippen LogP contribution in [-0.2, 0) is 20.8 Å². The maximum absolute atomic E-state index is 13.3. The van der Waals surface area contributed by atoms with Crippen molar-refractivity contribution in [1.82, 2.24) is 10.2 Å². The Hall–Kier alpha value is -2.44. The van der Waals surface area contributed by atoms with Crippen molar-refractivity contribution in [3.8, 4) is 0 Å². The van der Waals surface area contributed by atoms with Gasteiger partial charge in [0.1, 0.15) is 11.7 Å². The van der Waals surface area contributed by atoms with Gasteiger partial charge in [0.05, 0.1) is 0 Å². The van der Waals surface area contributed by atoms with Gasteiger partial charge in [-0.25, -0.2) is 4.39 Å². The van der Waals surface area contributed by atoms with Gasteiger partial charge in [0.2, 0.25) is 17.7 Å². The minimum absolute atomic E-state index is 0.0283. The fourth-order valence-corrected chi connectivity index (χ4v) is 3.31. The number of amides is 3. The summed E-state index contributed by atoms with van der Waals surface area (Å²) in [5.41, 5.74) is 1.14. The molecule has 3 rings (SSSR count). The van der Waals surface area contributed by atoms with E-state index in [9.17, 15) is 18.8 Å². The minimum Gasteiger partial charge on any atom is -0.355 e. The van der Waals surface area contributed by atoms with Crippen LogP contribution in [0.3, 0.4) is 0 Å². The Kier molecular flexibility index (Phi) is 5.31. The molecule has 0 aromatic heterocycles. The van der Waals surface area contributed by atoms with Crippen molar-refractivity contribution >= 4 is 23.4 Å². The van der Waals surface area contributed by atoms with E-state index in [1.807, 2.05) is 4.90 Å². The van der Waals surface area contributed by atoms with Crippen molar-refractivity contribution < 1.29 is 18.8 Å². The van der Waals surface area contributed by atoms with E-state index in [1.54, 1.807) is 0 Å². The Morgan fingerprint density at radius 2 is 2.00 bits per heavy atom. The van der Waals surface area contributed by atoms with E-state index in [-0.39, 0.29) is 25.3 Å². The zero-order valence-electron chi connectivity index (χ0n) is 14.0. The van der Waals surface area contributed by atoms with Crippen molar-refractivity contribution in [3.05, 3.63) is 29.6 Å². The van der Waals surface area contributed by atoms with Gasteiger partial charge in [-0.05, 0) is 49.4 Å². The standard InChI is InChI=1S/C18H22FN3O3/c19-13-4-5-15-12(10-13)11-14(18(25)21-15)17(24)20-7-6-16(23)22-8-2-1-3-9-22/h4-5,10,14H,1-3,6-9,11H2,(H,20,24)(H,21,25). The van der Waals surface area contributed by atoms with E-state index in [4.69, 9.17) is 0 Å². The van der Waals surface area contributed by atoms with Crippen LogP contribution >= 0.6 is 0 Å². The second-order valence-corrected chi connectivity index (χ2v) is 6.53. The third-order valence-electron chi connectivity index (χ3n) is 4.73. The summed E-state index contributed by atoms with van der Waals surface area (Å²) < 4.78 is 13.3. The first-order valence-electron chi connectivity index (χ1n) is 8.69. The van der Waals surface area contributed by atoms with Crippen LogP contribution in [0.5, 0.6) is 0 Å². The first-order chi connectivity index (χ1) is 12.0. The summed E-state index contributed by atoms with van der Waals surface area (Å²) in [4.78, 5) is 38.3. The maximum atomic E-state index is 13.3. The van der Waals surface area contributed by atoms with Crippen molar-refractivity contribution in [2.24, 2.45) is 5.92 Å². The van der Waals surface area contributed by atoms with Gasteiger partial charge in [0, 0.05) is 31.7 Å². The fourth-order valence-electron chi connectivity index (χ4n) is 3.31. The first-order valence-corrected chi connectivity index (χ1v) is 8.69. The molecule has 1 fully saturated rings. The summed E-state index contributed by atoms with van der Waals surface area (Å²) >= 11 is 0. The third kappa shape index (κ3) is 4.15. The number of benzene rings is 1. The lowest BCUT2D eigenvalue weighted by Crippen LogP contribution is -2.43. The normalized spacial score (nSPS) is 19.8. The van der Waals surface area contributed by atoms with Gasteiger partial charge >= 0.3 is 0 Å². The molecule has 0 bridgehead atoms. The number of carbonyl (C=O) groups is 3. The van der Waals surface area contributed by atoms with Crippen LogP contribution in [-0.4, -0.2) is 42.3 Å². The Morgan fingerprint density at radius 1 is 1.24 bits per heavy atom. The van der Waals surface area contributed by atoms with Crippen LogP contribution in [0.1, 0.15) is 31.2 Å². The molecule has 2 heterocycles. The van der Waals surface area contributed by atoms with E-state index in [0.29, 0.717) is 11.3 Å². The number of likely N-dealkylation sites (tertiary alicyclic amines) is 1. The largest absolute Gasteiger partial charge is 0.355 e. The number of hydrogen-bond donors (Lipinski definition) is 2. The van der Waals surface area contributed by atoms with E-state index < -0.39 is 23.5 Å². The van der Waals surface area contributed by atoms with Gasteiger partial charge < -0.3 is 15.5 Å². The summed E-state index contributed by atoms with van der Waals surface area (Å²) in [6, 6.07) is 4.09.